The molecule has 12 nitrogen and oxygen atoms in total. The lowest BCUT2D eigenvalue weighted by molar-refractivity contribution is -0.143. The number of rotatable bonds is 12. The fourth-order valence-corrected chi connectivity index (χ4v) is 7.02. The van der Waals surface area contributed by atoms with Gasteiger partial charge >= 0.3 is 17.9 Å². The highest BCUT2D eigenvalue weighted by molar-refractivity contribution is 5.97. The number of allylic oxidation sites excluding steroid dienone is 2. The van der Waals surface area contributed by atoms with Crippen LogP contribution in [0.5, 0.6) is 0 Å². The van der Waals surface area contributed by atoms with Crippen molar-refractivity contribution in [2.75, 3.05) is 6.61 Å². The van der Waals surface area contributed by atoms with E-state index in [-0.39, 0.29) is 36.8 Å². The molecular weight excluding hydrogens is 626 g/mol. The van der Waals surface area contributed by atoms with Crippen LogP contribution in [0.2, 0.25) is 0 Å². The Morgan fingerprint density at radius 1 is 0.980 bits per heavy atom. The van der Waals surface area contributed by atoms with Crippen molar-refractivity contribution in [3.05, 3.63) is 84.8 Å². The molecule has 5 rings (SSSR count). The normalized spacial score (nSPS) is 17.6. The Morgan fingerprint density at radius 2 is 1.67 bits per heavy atom. The predicted molar refractivity (Wildman–Crippen MR) is 188 cm³/mol. The first-order valence-electron chi connectivity index (χ1n) is 16.5. The van der Waals surface area contributed by atoms with Crippen LogP contribution in [-0.4, -0.2) is 60.8 Å². The molecule has 0 radical (unpaired) electrons. The van der Waals surface area contributed by atoms with Crippen LogP contribution in [0.1, 0.15) is 101 Å². The van der Waals surface area contributed by atoms with Gasteiger partial charge in [0.25, 0.3) is 0 Å². The van der Waals surface area contributed by atoms with Crippen LogP contribution in [0.4, 0.5) is 0 Å². The molecule has 0 aromatic carbocycles. The number of fused-ring (bicyclic) bond motifs is 8. The molecule has 1 fully saturated rings. The topological polar surface area (TPSA) is 193 Å². The first-order chi connectivity index (χ1) is 23.3. The molecule has 49 heavy (non-hydrogen) atoms. The Morgan fingerprint density at radius 3 is 2.31 bits per heavy atom. The van der Waals surface area contributed by atoms with Gasteiger partial charge in [-0.1, -0.05) is 26.5 Å². The Hall–Kier alpha value is -5.07. The fraction of sp³-hybridized carbons (Fsp3) is 0.378. The third-order valence-corrected chi connectivity index (χ3v) is 9.88. The van der Waals surface area contributed by atoms with Crippen LogP contribution >= 0.6 is 0 Å². The SMILES string of the molecule is C=Cc1c2[nH]c(c1C)C=C1NC(=C(CCONC(C)C(=O)O)c3[nH]c(c(C)c3C(=O)O)C=c3[nH]c(c(C)c3CC)=C2)C(CCC(=O)O)C1C. The maximum absolute atomic E-state index is 13.0. The Bertz CT molecular complexity index is 2020. The number of hydrogen-bond donors (Lipinski definition) is 8. The number of aromatic amines is 3. The van der Waals surface area contributed by atoms with Crippen molar-refractivity contribution in [2.24, 2.45) is 11.8 Å². The van der Waals surface area contributed by atoms with E-state index < -0.39 is 23.9 Å². The van der Waals surface area contributed by atoms with E-state index in [0.29, 0.717) is 34.6 Å². The van der Waals surface area contributed by atoms with Gasteiger partial charge in [0.15, 0.2) is 0 Å². The van der Waals surface area contributed by atoms with Crippen LogP contribution in [0, 0.1) is 32.6 Å². The highest BCUT2D eigenvalue weighted by atomic mass is 16.6. The first kappa shape index (κ1) is 35.2. The summed E-state index contributed by atoms with van der Waals surface area (Å²) in [5.74, 6) is -3.56. The Balaban J connectivity index is 1.84. The van der Waals surface area contributed by atoms with Gasteiger partial charge in [-0.15, -0.1) is 0 Å². The zero-order valence-corrected chi connectivity index (χ0v) is 28.8. The summed E-state index contributed by atoms with van der Waals surface area (Å²) in [5, 5.41) is 34.9. The maximum Gasteiger partial charge on any atom is 0.338 e. The van der Waals surface area contributed by atoms with E-state index in [9.17, 15) is 29.7 Å². The van der Waals surface area contributed by atoms with E-state index in [1.165, 1.54) is 6.92 Å². The molecule has 8 bridgehead atoms. The number of carboxylic acids is 3. The Kier molecular flexibility index (Phi) is 10.2. The lowest BCUT2D eigenvalue weighted by Crippen LogP contribution is -2.34. The molecular formula is C37H45N5O7. The summed E-state index contributed by atoms with van der Waals surface area (Å²) < 4.78 is 0. The van der Waals surface area contributed by atoms with Gasteiger partial charge < -0.3 is 40.4 Å². The molecule has 3 unspecified atom stereocenters. The molecule has 0 aliphatic carbocycles. The number of hydrogen-bond acceptors (Lipinski definition) is 6. The number of aromatic nitrogens is 3. The van der Waals surface area contributed by atoms with Crippen molar-refractivity contribution >= 4 is 47.8 Å². The second-order valence-corrected chi connectivity index (χ2v) is 12.8. The molecule has 5 heterocycles. The van der Waals surface area contributed by atoms with Gasteiger partial charge in [-0.25, -0.2) is 4.79 Å². The van der Waals surface area contributed by atoms with Crippen LogP contribution in [0.3, 0.4) is 0 Å². The molecule has 2 aliphatic heterocycles. The molecule has 3 aromatic heterocycles. The van der Waals surface area contributed by atoms with Gasteiger partial charge in [0.2, 0.25) is 0 Å². The molecule has 3 atom stereocenters. The predicted octanol–water partition coefficient (Wildman–Crippen LogP) is 4.33. The summed E-state index contributed by atoms with van der Waals surface area (Å²) in [4.78, 5) is 52.3. The highest BCUT2D eigenvalue weighted by Gasteiger charge is 2.37. The number of hydroxylamine groups is 1. The third kappa shape index (κ3) is 6.79. The van der Waals surface area contributed by atoms with Crippen LogP contribution < -0.4 is 21.5 Å². The zero-order chi connectivity index (χ0) is 35.7. The average molecular weight is 672 g/mol. The molecule has 0 saturated carbocycles. The lowest BCUT2D eigenvalue weighted by Gasteiger charge is -2.19. The minimum atomic E-state index is -1.11. The second-order valence-electron chi connectivity index (χ2n) is 12.8. The van der Waals surface area contributed by atoms with Crippen molar-refractivity contribution in [2.45, 2.75) is 73.3 Å². The summed E-state index contributed by atoms with van der Waals surface area (Å²) in [6, 6.07) is -0.964. The van der Waals surface area contributed by atoms with Crippen molar-refractivity contribution in [1.82, 2.24) is 25.7 Å². The lowest BCUT2D eigenvalue weighted by atomic mass is 9.85. The van der Waals surface area contributed by atoms with Gasteiger partial charge in [0.05, 0.1) is 17.9 Å². The number of H-pyrrole nitrogens is 3. The van der Waals surface area contributed by atoms with Crippen LogP contribution in [0.15, 0.2) is 18.0 Å². The molecule has 0 spiro atoms. The smallest absolute Gasteiger partial charge is 0.338 e. The standard InChI is InChI=1S/C37H45N5O7/c1-8-22-17(3)26-14-28-19(5)24(10-11-32(43)44)34(40-28)25(12-13-49-42-21(7)36(45)46)35-33(37(47)48)20(6)29(41-35)16-31-23(9-2)18(4)27(39-31)15-30(22)38-26/h8,14-16,19,21,24,38-42H,1,9-13H2,2-7H3,(H,43,44)(H,45,46)(H,47,48). The highest BCUT2D eigenvalue weighted by Crippen LogP contribution is 2.42. The number of aliphatic carboxylic acids is 2. The fourth-order valence-electron chi connectivity index (χ4n) is 7.02. The molecule has 8 N–H and O–H groups in total. The van der Waals surface area contributed by atoms with E-state index in [0.717, 1.165) is 56.5 Å². The molecule has 2 aliphatic rings. The number of carbonyl (C=O) groups is 3. The minimum absolute atomic E-state index is 0.0180. The molecule has 0 amide bonds. The van der Waals surface area contributed by atoms with E-state index in [4.69, 9.17) is 4.84 Å². The monoisotopic (exact) mass is 671 g/mol. The van der Waals surface area contributed by atoms with Crippen molar-refractivity contribution in [1.29, 1.82) is 0 Å². The molecule has 12 heteroatoms. The van der Waals surface area contributed by atoms with Gasteiger partial charge in [0, 0.05) is 69.4 Å². The van der Waals surface area contributed by atoms with E-state index >= 15 is 0 Å². The third-order valence-electron chi connectivity index (χ3n) is 9.88. The summed E-state index contributed by atoms with van der Waals surface area (Å²) in [7, 11) is 0. The molecule has 1 saturated heterocycles. The second kappa shape index (κ2) is 14.2. The van der Waals surface area contributed by atoms with Gasteiger partial charge in [-0.2, -0.15) is 5.48 Å². The average Bonchev–Trinajstić information content (AvgIpc) is 3.72. The van der Waals surface area contributed by atoms with E-state index in [1.54, 1.807) is 6.92 Å². The zero-order valence-electron chi connectivity index (χ0n) is 28.8. The van der Waals surface area contributed by atoms with Crippen molar-refractivity contribution in [3.8, 4) is 0 Å². The van der Waals surface area contributed by atoms with E-state index in [2.05, 4.69) is 52.3 Å². The quantitative estimate of drug-likeness (QED) is 0.102. The van der Waals surface area contributed by atoms with Crippen LogP contribution in [-0.2, 0) is 20.8 Å². The maximum atomic E-state index is 13.0. The molecule has 3 aromatic rings. The number of nitrogens with one attached hydrogen (secondary N) is 5. The number of aromatic carboxylic acids is 1. The van der Waals surface area contributed by atoms with Gasteiger partial charge in [0.1, 0.15) is 6.04 Å². The Labute approximate surface area is 284 Å². The minimum Gasteiger partial charge on any atom is -0.481 e. The summed E-state index contributed by atoms with van der Waals surface area (Å²) in [6.45, 7) is 15.5. The van der Waals surface area contributed by atoms with E-state index in [1.807, 2.05) is 32.1 Å². The van der Waals surface area contributed by atoms with Gasteiger partial charge in [-0.3, -0.25) is 9.59 Å². The summed E-state index contributed by atoms with van der Waals surface area (Å²) in [5.41, 5.74) is 12.2. The van der Waals surface area contributed by atoms with Crippen molar-refractivity contribution < 1.29 is 34.5 Å². The summed E-state index contributed by atoms with van der Waals surface area (Å²) >= 11 is 0. The molecule has 260 valence electrons. The largest absolute Gasteiger partial charge is 0.481 e. The van der Waals surface area contributed by atoms with Gasteiger partial charge in [-0.05, 0) is 86.6 Å². The summed E-state index contributed by atoms with van der Waals surface area (Å²) in [6.07, 6.45) is 9.04. The van der Waals surface area contributed by atoms with Crippen molar-refractivity contribution in [3.63, 3.8) is 0 Å². The van der Waals surface area contributed by atoms with Crippen LogP contribution in [0.25, 0.3) is 29.9 Å². The first-order valence-corrected chi connectivity index (χ1v) is 16.5. The number of carboxylic acid groups (broad SMARTS) is 3.